The third-order valence-electron chi connectivity index (χ3n) is 4.28. The molecule has 5 nitrogen and oxygen atoms in total. The molecular weight excluding hydrogens is 373 g/mol. The predicted molar refractivity (Wildman–Crippen MR) is 92.3 cm³/mol. The molecule has 0 aromatic heterocycles. The molecule has 146 valence electrons. The SMILES string of the molecule is CCC(C)OC(=O)N1CCC(Oc2cc(Cl)c(C(F)(F)F)cc2N)CC1. The first-order valence-corrected chi connectivity index (χ1v) is 8.78. The second kappa shape index (κ2) is 8.24. The van der Waals surface area contributed by atoms with Gasteiger partial charge in [-0.05, 0) is 19.4 Å². The maximum absolute atomic E-state index is 12.8. The van der Waals surface area contributed by atoms with Crippen molar-refractivity contribution >= 4 is 23.4 Å². The van der Waals surface area contributed by atoms with Crippen LogP contribution in [-0.2, 0) is 10.9 Å². The molecule has 0 bridgehead atoms. The number of amides is 1. The number of hydrogen-bond donors (Lipinski definition) is 1. The molecule has 2 N–H and O–H groups in total. The van der Waals surface area contributed by atoms with Gasteiger partial charge in [-0.25, -0.2) is 4.79 Å². The lowest BCUT2D eigenvalue weighted by molar-refractivity contribution is -0.137. The number of rotatable bonds is 4. The number of nitrogens with zero attached hydrogens (tertiary/aromatic N) is 1. The monoisotopic (exact) mass is 394 g/mol. The molecule has 2 rings (SSSR count). The van der Waals surface area contributed by atoms with Crippen molar-refractivity contribution in [3.8, 4) is 5.75 Å². The van der Waals surface area contributed by atoms with Gasteiger partial charge < -0.3 is 20.1 Å². The van der Waals surface area contributed by atoms with Gasteiger partial charge in [0.2, 0.25) is 0 Å². The number of halogens is 4. The van der Waals surface area contributed by atoms with Crippen molar-refractivity contribution in [2.75, 3.05) is 18.8 Å². The van der Waals surface area contributed by atoms with Crippen molar-refractivity contribution in [2.24, 2.45) is 0 Å². The normalized spacial score (nSPS) is 17.1. The largest absolute Gasteiger partial charge is 0.488 e. The molecule has 0 aliphatic carbocycles. The lowest BCUT2D eigenvalue weighted by Gasteiger charge is -2.32. The van der Waals surface area contributed by atoms with E-state index in [2.05, 4.69) is 0 Å². The van der Waals surface area contributed by atoms with Crippen molar-refractivity contribution in [2.45, 2.75) is 51.5 Å². The molecule has 1 aromatic rings. The Labute approximate surface area is 155 Å². The van der Waals surface area contributed by atoms with Gasteiger partial charge in [-0.15, -0.1) is 0 Å². The molecule has 1 aliphatic heterocycles. The third kappa shape index (κ3) is 5.09. The molecule has 1 heterocycles. The minimum Gasteiger partial charge on any atom is -0.488 e. The summed E-state index contributed by atoms with van der Waals surface area (Å²) in [7, 11) is 0. The maximum atomic E-state index is 12.8. The molecule has 1 aromatic carbocycles. The topological polar surface area (TPSA) is 64.8 Å². The fourth-order valence-corrected chi connectivity index (χ4v) is 2.82. The van der Waals surface area contributed by atoms with Crippen molar-refractivity contribution in [3.63, 3.8) is 0 Å². The van der Waals surface area contributed by atoms with Crippen LogP contribution in [-0.4, -0.2) is 36.3 Å². The van der Waals surface area contributed by atoms with Crippen molar-refractivity contribution in [1.82, 2.24) is 4.90 Å². The lowest BCUT2D eigenvalue weighted by Crippen LogP contribution is -2.42. The van der Waals surface area contributed by atoms with Crippen molar-refractivity contribution < 1.29 is 27.4 Å². The van der Waals surface area contributed by atoms with E-state index >= 15 is 0 Å². The molecular formula is C17H22ClF3N2O3. The standard InChI is InChI=1S/C17H22ClF3N2O3/c1-3-10(2)25-16(24)23-6-4-11(5-7-23)26-15-9-13(18)12(8-14(15)22)17(19,20)21/h8-11H,3-7,22H2,1-2H3. The molecule has 26 heavy (non-hydrogen) atoms. The van der Waals surface area contributed by atoms with Crippen molar-refractivity contribution in [3.05, 3.63) is 22.7 Å². The molecule has 1 atom stereocenters. The summed E-state index contributed by atoms with van der Waals surface area (Å²) in [5, 5.41) is -0.462. The summed E-state index contributed by atoms with van der Waals surface area (Å²) >= 11 is 5.71. The highest BCUT2D eigenvalue weighted by Crippen LogP contribution is 2.40. The Morgan fingerprint density at radius 1 is 1.38 bits per heavy atom. The fourth-order valence-electron chi connectivity index (χ4n) is 2.56. The van der Waals surface area contributed by atoms with Crippen LogP contribution < -0.4 is 10.5 Å². The highest BCUT2D eigenvalue weighted by molar-refractivity contribution is 6.31. The zero-order valence-corrected chi connectivity index (χ0v) is 15.4. The van der Waals surface area contributed by atoms with Crippen LogP contribution in [0.2, 0.25) is 5.02 Å². The highest BCUT2D eigenvalue weighted by atomic mass is 35.5. The van der Waals surface area contributed by atoms with E-state index < -0.39 is 16.8 Å². The number of carbonyl (C=O) groups excluding carboxylic acids is 1. The van der Waals surface area contributed by atoms with E-state index in [1.807, 2.05) is 13.8 Å². The maximum Gasteiger partial charge on any atom is 0.417 e. The first-order chi connectivity index (χ1) is 12.1. The zero-order valence-electron chi connectivity index (χ0n) is 14.6. The minimum atomic E-state index is -4.58. The minimum absolute atomic E-state index is 0.114. The second-order valence-electron chi connectivity index (χ2n) is 6.27. The first-order valence-electron chi connectivity index (χ1n) is 8.40. The average molecular weight is 395 g/mol. The summed E-state index contributed by atoms with van der Waals surface area (Å²) < 4.78 is 49.5. The van der Waals surface area contributed by atoms with Gasteiger partial charge >= 0.3 is 12.3 Å². The molecule has 0 saturated carbocycles. The first kappa shape index (κ1) is 20.5. The van der Waals surface area contributed by atoms with Crippen LogP contribution in [0.1, 0.15) is 38.7 Å². The van der Waals surface area contributed by atoms with E-state index in [0.29, 0.717) is 25.9 Å². The zero-order chi connectivity index (χ0) is 19.5. The molecule has 1 aliphatic rings. The second-order valence-corrected chi connectivity index (χ2v) is 6.68. The van der Waals surface area contributed by atoms with E-state index in [1.165, 1.54) is 0 Å². The number of carbonyl (C=O) groups is 1. The van der Waals surface area contributed by atoms with Gasteiger partial charge in [-0.2, -0.15) is 13.2 Å². The lowest BCUT2D eigenvalue weighted by atomic mass is 10.1. The summed E-state index contributed by atoms with van der Waals surface area (Å²) in [5.74, 6) is 0.114. The number of piperidine rings is 1. The van der Waals surface area contributed by atoms with E-state index in [1.54, 1.807) is 4.90 Å². The Morgan fingerprint density at radius 2 is 2.00 bits per heavy atom. The van der Waals surface area contributed by atoms with Gasteiger partial charge in [0.1, 0.15) is 18.0 Å². The van der Waals surface area contributed by atoms with Crippen LogP contribution in [0, 0.1) is 0 Å². The number of ether oxygens (including phenoxy) is 2. The van der Waals surface area contributed by atoms with Crippen LogP contribution in [0.3, 0.4) is 0 Å². The smallest absolute Gasteiger partial charge is 0.417 e. The number of anilines is 1. The molecule has 1 amide bonds. The van der Waals surface area contributed by atoms with Crippen LogP contribution in [0.25, 0.3) is 0 Å². The Kier molecular flexibility index (Phi) is 6.49. The van der Waals surface area contributed by atoms with Gasteiger partial charge in [-0.1, -0.05) is 18.5 Å². The van der Waals surface area contributed by atoms with Crippen LogP contribution >= 0.6 is 11.6 Å². The van der Waals surface area contributed by atoms with E-state index in [0.717, 1.165) is 18.6 Å². The summed E-state index contributed by atoms with van der Waals surface area (Å²) in [6, 6.07) is 1.86. The van der Waals surface area contributed by atoms with Crippen LogP contribution in [0.4, 0.5) is 23.7 Å². The fraction of sp³-hybridized carbons (Fsp3) is 0.588. The van der Waals surface area contributed by atoms with Gasteiger partial charge in [0, 0.05) is 32.0 Å². The highest BCUT2D eigenvalue weighted by Gasteiger charge is 2.34. The number of hydrogen-bond acceptors (Lipinski definition) is 4. The Bertz CT molecular complexity index is 647. The molecule has 9 heteroatoms. The average Bonchev–Trinajstić information content (AvgIpc) is 2.57. The van der Waals surface area contributed by atoms with E-state index in [-0.39, 0.29) is 29.7 Å². The molecule has 0 radical (unpaired) electrons. The molecule has 1 saturated heterocycles. The predicted octanol–water partition coefficient (Wildman–Crippen LogP) is 4.72. The summed E-state index contributed by atoms with van der Waals surface area (Å²) in [4.78, 5) is 13.6. The van der Waals surface area contributed by atoms with Crippen LogP contribution in [0.5, 0.6) is 5.75 Å². The number of likely N-dealkylation sites (tertiary alicyclic amines) is 1. The van der Waals surface area contributed by atoms with Gasteiger partial charge in [0.25, 0.3) is 0 Å². The van der Waals surface area contributed by atoms with Crippen LogP contribution in [0.15, 0.2) is 12.1 Å². The van der Waals surface area contributed by atoms with Gasteiger partial charge in [-0.3, -0.25) is 0 Å². The van der Waals surface area contributed by atoms with Gasteiger partial charge in [0.15, 0.2) is 0 Å². The van der Waals surface area contributed by atoms with Gasteiger partial charge in [0.05, 0.1) is 16.3 Å². The quantitative estimate of drug-likeness (QED) is 0.750. The molecule has 1 fully saturated rings. The molecule has 1 unspecified atom stereocenters. The Morgan fingerprint density at radius 3 is 2.54 bits per heavy atom. The number of nitrogens with two attached hydrogens (primary N) is 1. The number of alkyl halides is 3. The summed E-state index contributed by atoms with van der Waals surface area (Å²) in [6.45, 7) is 4.63. The third-order valence-corrected chi connectivity index (χ3v) is 4.59. The number of benzene rings is 1. The number of nitrogen functional groups attached to an aromatic ring is 1. The summed E-state index contributed by atoms with van der Waals surface area (Å²) in [6.07, 6.45) is -3.58. The Balaban J connectivity index is 1.95. The molecule has 0 spiro atoms. The Hall–Kier alpha value is -1.83. The van der Waals surface area contributed by atoms with E-state index in [4.69, 9.17) is 26.8 Å². The van der Waals surface area contributed by atoms with E-state index in [9.17, 15) is 18.0 Å². The van der Waals surface area contributed by atoms with Crippen molar-refractivity contribution in [1.29, 1.82) is 0 Å². The summed E-state index contributed by atoms with van der Waals surface area (Å²) in [5.41, 5.74) is 4.56.